The van der Waals surface area contributed by atoms with Gasteiger partial charge in [-0.1, -0.05) is 46.5 Å². The van der Waals surface area contributed by atoms with Crippen molar-refractivity contribution < 1.29 is 10.1 Å². The Morgan fingerprint density at radius 1 is 1.15 bits per heavy atom. The van der Waals surface area contributed by atoms with Crippen molar-refractivity contribution in [3.8, 4) is 0 Å². The zero-order valence-corrected chi connectivity index (χ0v) is 8.96. The molecule has 2 heteroatoms. The van der Waals surface area contributed by atoms with Crippen LogP contribution in [0.4, 0.5) is 0 Å². The molecular formula is C11H23O2. The summed E-state index contributed by atoms with van der Waals surface area (Å²) in [5.41, 5.74) is 0. The van der Waals surface area contributed by atoms with Crippen LogP contribution >= 0.6 is 0 Å². The Balaban J connectivity index is 3.27. The van der Waals surface area contributed by atoms with Crippen molar-refractivity contribution in [2.24, 2.45) is 5.92 Å². The van der Waals surface area contributed by atoms with Gasteiger partial charge in [0.05, 0.1) is 6.10 Å². The third-order valence-electron chi connectivity index (χ3n) is 2.23. The second-order valence-electron chi connectivity index (χ2n) is 4.05. The second-order valence-corrected chi connectivity index (χ2v) is 4.05. The molecule has 0 aliphatic carbocycles. The van der Waals surface area contributed by atoms with Gasteiger partial charge in [0.2, 0.25) is 0 Å². The summed E-state index contributed by atoms with van der Waals surface area (Å²) in [5, 5.41) is 8.54. The van der Waals surface area contributed by atoms with Crippen LogP contribution in [0.5, 0.6) is 0 Å². The van der Waals surface area contributed by atoms with Gasteiger partial charge in [-0.25, -0.2) is 4.89 Å². The summed E-state index contributed by atoms with van der Waals surface area (Å²) in [5.74, 6) is 0.779. The molecule has 13 heavy (non-hydrogen) atoms. The van der Waals surface area contributed by atoms with Gasteiger partial charge in [0.1, 0.15) is 0 Å². The predicted molar refractivity (Wildman–Crippen MR) is 55.4 cm³/mol. The van der Waals surface area contributed by atoms with E-state index in [1.54, 1.807) is 0 Å². The fraction of sp³-hybridized carbons (Fsp3) is 0.909. The van der Waals surface area contributed by atoms with Gasteiger partial charge in [-0.05, 0) is 18.8 Å². The summed E-state index contributed by atoms with van der Waals surface area (Å²) in [6.07, 6.45) is 6.29. The van der Waals surface area contributed by atoms with E-state index >= 15 is 0 Å². The summed E-state index contributed by atoms with van der Waals surface area (Å²) in [6, 6.07) is 0. The highest BCUT2D eigenvalue weighted by Crippen LogP contribution is 2.13. The molecule has 0 amide bonds. The number of hydrogen-bond acceptors (Lipinski definition) is 2. The van der Waals surface area contributed by atoms with Crippen LogP contribution in [0.1, 0.15) is 52.4 Å². The maximum Gasteiger partial charge on any atom is 0.0927 e. The van der Waals surface area contributed by atoms with Crippen LogP contribution in [0.25, 0.3) is 0 Å². The van der Waals surface area contributed by atoms with Crippen molar-refractivity contribution in [2.45, 2.75) is 58.5 Å². The molecule has 0 saturated heterocycles. The molecule has 0 aliphatic rings. The van der Waals surface area contributed by atoms with Crippen LogP contribution in [0, 0.1) is 12.8 Å². The molecule has 0 fully saturated rings. The minimum absolute atomic E-state index is 0.00432. The molecule has 0 bridgehead atoms. The first kappa shape index (κ1) is 12.9. The minimum Gasteiger partial charge on any atom is -0.252 e. The van der Waals surface area contributed by atoms with E-state index in [1.165, 1.54) is 12.8 Å². The Labute approximate surface area is 82.2 Å². The summed E-state index contributed by atoms with van der Waals surface area (Å²) in [6.45, 7) is 8.20. The molecule has 0 aliphatic heterocycles. The first-order chi connectivity index (χ1) is 6.20. The topological polar surface area (TPSA) is 29.5 Å². The lowest BCUT2D eigenvalue weighted by Gasteiger charge is -2.12. The Hall–Kier alpha value is -0.0800. The van der Waals surface area contributed by atoms with E-state index in [4.69, 9.17) is 5.26 Å². The van der Waals surface area contributed by atoms with Gasteiger partial charge in [0.15, 0.2) is 0 Å². The van der Waals surface area contributed by atoms with Gasteiger partial charge < -0.3 is 0 Å². The zero-order valence-electron chi connectivity index (χ0n) is 8.96. The van der Waals surface area contributed by atoms with E-state index in [9.17, 15) is 0 Å². The molecule has 0 aromatic rings. The highest BCUT2D eigenvalue weighted by Gasteiger charge is 2.06. The molecule has 79 valence electrons. The molecule has 0 saturated carbocycles. The quantitative estimate of drug-likeness (QED) is 0.357. The van der Waals surface area contributed by atoms with Crippen molar-refractivity contribution in [2.75, 3.05) is 0 Å². The van der Waals surface area contributed by atoms with Gasteiger partial charge in [0, 0.05) is 0 Å². The molecule has 2 nitrogen and oxygen atoms in total. The largest absolute Gasteiger partial charge is 0.252 e. The molecule has 1 unspecified atom stereocenters. The Bertz CT molecular complexity index is 102. The van der Waals surface area contributed by atoms with Gasteiger partial charge in [-0.15, -0.1) is 0 Å². The van der Waals surface area contributed by atoms with Gasteiger partial charge in [-0.2, -0.15) is 0 Å². The van der Waals surface area contributed by atoms with E-state index in [2.05, 4.69) is 25.7 Å². The van der Waals surface area contributed by atoms with Crippen molar-refractivity contribution in [1.29, 1.82) is 0 Å². The maximum atomic E-state index is 8.54. The lowest BCUT2D eigenvalue weighted by Crippen LogP contribution is -2.10. The Morgan fingerprint density at radius 2 is 1.77 bits per heavy atom. The summed E-state index contributed by atoms with van der Waals surface area (Å²) < 4.78 is 0. The number of hydrogen-bond donors (Lipinski definition) is 1. The molecule has 0 aromatic heterocycles. The van der Waals surface area contributed by atoms with E-state index in [0.717, 1.165) is 31.6 Å². The first-order valence-electron chi connectivity index (χ1n) is 5.30. The van der Waals surface area contributed by atoms with Crippen LogP contribution in [-0.4, -0.2) is 11.4 Å². The highest BCUT2D eigenvalue weighted by atomic mass is 17.1. The average molecular weight is 187 g/mol. The number of rotatable bonds is 8. The van der Waals surface area contributed by atoms with Gasteiger partial charge in [0.25, 0.3) is 0 Å². The van der Waals surface area contributed by atoms with E-state index in [-0.39, 0.29) is 6.10 Å². The molecular weight excluding hydrogens is 164 g/mol. The Morgan fingerprint density at radius 3 is 2.23 bits per heavy atom. The van der Waals surface area contributed by atoms with Crippen molar-refractivity contribution in [3.63, 3.8) is 0 Å². The smallest absolute Gasteiger partial charge is 0.0927 e. The van der Waals surface area contributed by atoms with E-state index < -0.39 is 0 Å². The minimum atomic E-state index is 0.00432. The lowest BCUT2D eigenvalue weighted by atomic mass is 10.0. The van der Waals surface area contributed by atoms with Crippen molar-refractivity contribution >= 4 is 0 Å². The third-order valence-corrected chi connectivity index (χ3v) is 2.23. The molecule has 0 aromatic carbocycles. The molecule has 0 heterocycles. The van der Waals surface area contributed by atoms with Gasteiger partial charge in [-0.3, -0.25) is 5.26 Å². The van der Waals surface area contributed by atoms with Crippen LogP contribution in [0.15, 0.2) is 0 Å². The van der Waals surface area contributed by atoms with Crippen LogP contribution in [0.2, 0.25) is 0 Å². The van der Waals surface area contributed by atoms with Crippen molar-refractivity contribution in [3.05, 3.63) is 6.92 Å². The standard InChI is InChI=1S/C11H23O2/c1-4-7-11(13-12)9-6-5-8-10(2)3/h10-12H,1,4-9H2,2-3H3. The zero-order chi connectivity index (χ0) is 10.1. The second kappa shape index (κ2) is 8.52. The SMILES string of the molecule is [CH2]CCC(CCCCC(C)C)OO. The molecule has 1 N–H and O–H groups in total. The van der Waals surface area contributed by atoms with Crippen LogP contribution in [0.3, 0.4) is 0 Å². The normalized spacial score (nSPS) is 13.6. The summed E-state index contributed by atoms with van der Waals surface area (Å²) in [7, 11) is 0. The molecule has 0 spiro atoms. The Kier molecular flexibility index (Phi) is 8.46. The fourth-order valence-corrected chi connectivity index (χ4v) is 1.40. The average Bonchev–Trinajstić information content (AvgIpc) is 2.10. The van der Waals surface area contributed by atoms with Crippen LogP contribution in [-0.2, 0) is 4.89 Å². The van der Waals surface area contributed by atoms with Crippen LogP contribution < -0.4 is 0 Å². The van der Waals surface area contributed by atoms with E-state index in [0.29, 0.717) is 0 Å². The molecule has 1 atom stereocenters. The lowest BCUT2D eigenvalue weighted by molar-refractivity contribution is -0.281. The third kappa shape index (κ3) is 8.26. The molecule has 1 radical (unpaired) electrons. The fourth-order valence-electron chi connectivity index (χ4n) is 1.40. The van der Waals surface area contributed by atoms with Gasteiger partial charge >= 0.3 is 0 Å². The summed E-state index contributed by atoms with van der Waals surface area (Å²) >= 11 is 0. The van der Waals surface area contributed by atoms with Crippen molar-refractivity contribution in [1.82, 2.24) is 0 Å². The number of unbranched alkanes of at least 4 members (excludes halogenated alkanes) is 1. The predicted octanol–water partition coefficient (Wildman–Crippen LogP) is 3.68. The van der Waals surface area contributed by atoms with E-state index in [1.807, 2.05) is 0 Å². The molecule has 0 rings (SSSR count). The maximum absolute atomic E-state index is 8.54. The monoisotopic (exact) mass is 187 g/mol. The summed E-state index contributed by atoms with van der Waals surface area (Å²) in [4.78, 5) is 4.36. The first-order valence-corrected chi connectivity index (χ1v) is 5.30. The highest BCUT2D eigenvalue weighted by molar-refractivity contribution is 4.58.